The number of ether oxygens (including phenoxy) is 1. The lowest BCUT2D eigenvalue weighted by Gasteiger charge is -2.05. The first-order valence-electron chi connectivity index (χ1n) is 4.92. The molecule has 4 nitrogen and oxygen atoms in total. The molecule has 0 aliphatic heterocycles. The van der Waals surface area contributed by atoms with Crippen molar-refractivity contribution < 1.29 is 9.53 Å². The number of fused-ring (bicyclic) bond motifs is 1. The van der Waals surface area contributed by atoms with Gasteiger partial charge >= 0.3 is 5.97 Å². The second-order valence-electron chi connectivity index (χ2n) is 3.24. The van der Waals surface area contributed by atoms with Crippen LogP contribution in [0.4, 0.5) is 0 Å². The molecule has 0 atom stereocenters. The predicted molar refractivity (Wildman–Crippen MR) is 68.2 cm³/mol. The van der Waals surface area contributed by atoms with Gasteiger partial charge in [-0.25, -0.2) is 4.79 Å². The topological polar surface area (TPSA) is 52.1 Å². The highest BCUT2D eigenvalue weighted by Crippen LogP contribution is 2.26. The van der Waals surface area contributed by atoms with Crippen LogP contribution in [0.3, 0.4) is 0 Å². The maximum absolute atomic E-state index is 11.6. The number of aromatic nitrogens is 2. The summed E-state index contributed by atoms with van der Waals surface area (Å²) in [6.07, 6.45) is 0. The molecule has 2 aromatic rings. The summed E-state index contributed by atoms with van der Waals surface area (Å²) in [5, 5.41) is 8.67. The van der Waals surface area contributed by atoms with Crippen molar-refractivity contribution in [2.45, 2.75) is 6.92 Å². The van der Waals surface area contributed by atoms with Gasteiger partial charge in [-0.2, -0.15) is 0 Å². The van der Waals surface area contributed by atoms with E-state index in [9.17, 15) is 4.79 Å². The Balaban J connectivity index is 2.58. The van der Waals surface area contributed by atoms with E-state index in [0.29, 0.717) is 10.9 Å². The highest BCUT2D eigenvalue weighted by atomic mass is 79.9. The third-order valence-corrected chi connectivity index (χ3v) is 3.01. The fourth-order valence-corrected chi connectivity index (χ4v) is 2.00. The van der Waals surface area contributed by atoms with Gasteiger partial charge in [0.05, 0.1) is 17.1 Å². The molecule has 88 valence electrons. The van der Waals surface area contributed by atoms with Gasteiger partial charge in [0.1, 0.15) is 0 Å². The third-order valence-electron chi connectivity index (χ3n) is 2.13. The molecule has 2 rings (SSSR count). The maximum Gasteiger partial charge on any atom is 0.360 e. The molecule has 1 aromatic heterocycles. The summed E-state index contributed by atoms with van der Waals surface area (Å²) in [4.78, 5) is 11.6. The van der Waals surface area contributed by atoms with Crippen molar-refractivity contribution in [2.75, 3.05) is 6.61 Å². The van der Waals surface area contributed by atoms with E-state index >= 15 is 0 Å². The zero-order chi connectivity index (χ0) is 12.4. The van der Waals surface area contributed by atoms with Crippen LogP contribution in [0.15, 0.2) is 22.7 Å². The lowest BCUT2D eigenvalue weighted by atomic mass is 10.2. The standard InChI is InChI=1S/C11H8BrClN2O2/c1-2-17-11(16)10-9(13)7-4-3-6(12)5-8(7)14-15-10/h3-5H,2H2,1H3. The number of hydrogen-bond donors (Lipinski definition) is 0. The maximum atomic E-state index is 11.6. The fourth-order valence-electron chi connectivity index (χ4n) is 1.38. The first-order valence-corrected chi connectivity index (χ1v) is 6.09. The molecule has 0 N–H and O–H groups in total. The highest BCUT2D eigenvalue weighted by molar-refractivity contribution is 9.10. The summed E-state index contributed by atoms with van der Waals surface area (Å²) in [5.74, 6) is -0.560. The number of benzene rings is 1. The van der Waals surface area contributed by atoms with E-state index in [2.05, 4.69) is 26.1 Å². The molecule has 0 aliphatic rings. The van der Waals surface area contributed by atoms with E-state index < -0.39 is 5.97 Å². The molecule has 0 unspecified atom stereocenters. The van der Waals surface area contributed by atoms with Crippen molar-refractivity contribution in [3.05, 3.63) is 33.4 Å². The largest absolute Gasteiger partial charge is 0.461 e. The van der Waals surface area contributed by atoms with Crippen LogP contribution in [0.25, 0.3) is 10.9 Å². The summed E-state index contributed by atoms with van der Waals surface area (Å²) < 4.78 is 5.72. The number of nitrogens with zero attached hydrogens (tertiary/aromatic N) is 2. The molecule has 0 radical (unpaired) electrons. The van der Waals surface area contributed by atoms with Crippen LogP contribution in [0, 0.1) is 0 Å². The number of carbonyl (C=O) groups is 1. The minimum Gasteiger partial charge on any atom is -0.461 e. The molecule has 0 aliphatic carbocycles. The Morgan fingerprint density at radius 3 is 2.94 bits per heavy atom. The van der Waals surface area contributed by atoms with Gasteiger partial charge in [-0.3, -0.25) is 0 Å². The molecule has 1 heterocycles. The number of halogens is 2. The fraction of sp³-hybridized carbons (Fsp3) is 0.182. The van der Waals surface area contributed by atoms with Gasteiger partial charge < -0.3 is 4.74 Å². The summed E-state index contributed by atoms with van der Waals surface area (Å²) >= 11 is 9.43. The molecule has 1 aromatic carbocycles. The van der Waals surface area contributed by atoms with Gasteiger partial charge in [0.25, 0.3) is 0 Å². The molecule has 0 saturated heterocycles. The summed E-state index contributed by atoms with van der Waals surface area (Å²) in [7, 11) is 0. The Morgan fingerprint density at radius 1 is 1.47 bits per heavy atom. The van der Waals surface area contributed by atoms with Crippen molar-refractivity contribution in [1.82, 2.24) is 10.2 Å². The van der Waals surface area contributed by atoms with Crippen LogP contribution in [-0.2, 0) is 4.74 Å². The Labute approximate surface area is 111 Å². The minimum absolute atomic E-state index is 0.0448. The van der Waals surface area contributed by atoms with Gasteiger partial charge in [-0.15, -0.1) is 10.2 Å². The van der Waals surface area contributed by atoms with Gasteiger partial charge in [0, 0.05) is 9.86 Å². The van der Waals surface area contributed by atoms with E-state index in [4.69, 9.17) is 16.3 Å². The van der Waals surface area contributed by atoms with Crippen LogP contribution in [0.2, 0.25) is 5.02 Å². The van der Waals surface area contributed by atoms with Crippen molar-refractivity contribution in [3.63, 3.8) is 0 Å². The summed E-state index contributed by atoms with van der Waals surface area (Å²) in [6.45, 7) is 1.99. The lowest BCUT2D eigenvalue weighted by molar-refractivity contribution is 0.0518. The van der Waals surface area contributed by atoms with Crippen molar-refractivity contribution in [2.24, 2.45) is 0 Å². The molecular formula is C11H8BrClN2O2. The molecule has 6 heteroatoms. The van der Waals surface area contributed by atoms with Crippen LogP contribution in [0.1, 0.15) is 17.4 Å². The summed E-state index contributed by atoms with van der Waals surface area (Å²) in [5.41, 5.74) is 0.667. The Hall–Kier alpha value is -1.20. The first kappa shape index (κ1) is 12.3. The molecular weight excluding hydrogens is 307 g/mol. The van der Waals surface area contributed by atoms with Crippen molar-refractivity contribution >= 4 is 44.4 Å². The zero-order valence-electron chi connectivity index (χ0n) is 8.91. The minimum atomic E-state index is -0.560. The average molecular weight is 316 g/mol. The van der Waals surface area contributed by atoms with Gasteiger partial charge in [0.2, 0.25) is 0 Å². The lowest BCUT2D eigenvalue weighted by Crippen LogP contribution is -2.09. The van der Waals surface area contributed by atoms with E-state index in [1.54, 1.807) is 19.1 Å². The number of esters is 1. The quantitative estimate of drug-likeness (QED) is 0.798. The second kappa shape index (κ2) is 4.98. The van der Waals surface area contributed by atoms with Crippen LogP contribution >= 0.6 is 27.5 Å². The van der Waals surface area contributed by atoms with Crippen LogP contribution < -0.4 is 0 Å². The molecule has 0 spiro atoms. The number of rotatable bonds is 2. The SMILES string of the molecule is CCOC(=O)c1nnc2cc(Br)ccc2c1Cl. The van der Waals surface area contributed by atoms with Crippen LogP contribution in [0.5, 0.6) is 0 Å². The third kappa shape index (κ3) is 2.40. The zero-order valence-corrected chi connectivity index (χ0v) is 11.2. The molecule has 17 heavy (non-hydrogen) atoms. The smallest absolute Gasteiger partial charge is 0.360 e. The average Bonchev–Trinajstić information content (AvgIpc) is 2.29. The molecule has 0 fully saturated rings. The molecule has 0 bridgehead atoms. The van der Waals surface area contributed by atoms with E-state index in [-0.39, 0.29) is 17.3 Å². The monoisotopic (exact) mass is 314 g/mol. The van der Waals surface area contributed by atoms with Gasteiger partial charge in [-0.05, 0) is 19.1 Å². The molecule has 0 saturated carbocycles. The van der Waals surface area contributed by atoms with Gasteiger partial charge in [-0.1, -0.05) is 33.6 Å². The Bertz CT molecular complexity index is 589. The number of carbonyl (C=O) groups excluding carboxylic acids is 1. The normalized spacial score (nSPS) is 10.5. The van der Waals surface area contributed by atoms with E-state index in [1.165, 1.54) is 0 Å². The Morgan fingerprint density at radius 2 is 2.24 bits per heavy atom. The number of hydrogen-bond acceptors (Lipinski definition) is 4. The van der Waals surface area contributed by atoms with Gasteiger partial charge in [0.15, 0.2) is 5.69 Å². The second-order valence-corrected chi connectivity index (χ2v) is 4.54. The van der Waals surface area contributed by atoms with Crippen molar-refractivity contribution in [3.8, 4) is 0 Å². The van der Waals surface area contributed by atoms with Crippen molar-refractivity contribution in [1.29, 1.82) is 0 Å². The first-order chi connectivity index (χ1) is 8.13. The summed E-state index contributed by atoms with van der Waals surface area (Å²) in [6, 6.07) is 5.38. The molecule has 0 amide bonds. The predicted octanol–water partition coefficient (Wildman–Crippen LogP) is 3.22. The Kier molecular flexibility index (Phi) is 3.59. The van der Waals surface area contributed by atoms with E-state index in [0.717, 1.165) is 4.47 Å². The highest BCUT2D eigenvalue weighted by Gasteiger charge is 2.17. The van der Waals surface area contributed by atoms with E-state index in [1.807, 2.05) is 6.07 Å². The van der Waals surface area contributed by atoms with Crippen LogP contribution in [-0.4, -0.2) is 22.8 Å².